The highest BCUT2D eigenvalue weighted by atomic mass is 35.5. The number of nitrogens with zero attached hydrogens (tertiary/aromatic N) is 2. The fraction of sp³-hybridized carbons (Fsp3) is 0.400. The number of alkyl halides is 1. The maximum atomic E-state index is 13.8. The summed E-state index contributed by atoms with van der Waals surface area (Å²) >= 11 is 5.89. The Labute approximate surface area is 134 Å². The first kappa shape index (κ1) is 18.1. The van der Waals surface area contributed by atoms with E-state index >= 15 is 0 Å². The molecule has 0 bridgehead atoms. The molecule has 5 nitrogen and oxygen atoms in total. The van der Waals surface area contributed by atoms with E-state index in [-0.39, 0.29) is 5.69 Å². The number of amidine groups is 1. The lowest BCUT2D eigenvalue weighted by Gasteiger charge is -2.19. The van der Waals surface area contributed by atoms with E-state index in [1.165, 1.54) is 18.2 Å². The van der Waals surface area contributed by atoms with Gasteiger partial charge in [0.05, 0.1) is 16.8 Å². The van der Waals surface area contributed by atoms with Crippen LogP contribution in [0.25, 0.3) is 0 Å². The van der Waals surface area contributed by atoms with Gasteiger partial charge in [-0.1, -0.05) is 0 Å². The van der Waals surface area contributed by atoms with Crippen LogP contribution in [-0.4, -0.2) is 29.6 Å². The summed E-state index contributed by atoms with van der Waals surface area (Å²) < 4.78 is 18.8. The fourth-order valence-corrected chi connectivity index (χ4v) is 1.59. The highest BCUT2D eigenvalue weighted by Crippen LogP contribution is 2.23. The summed E-state index contributed by atoms with van der Waals surface area (Å²) in [4.78, 5) is 19.6. The van der Waals surface area contributed by atoms with Crippen molar-refractivity contribution in [2.75, 3.05) is 5.32 Å². The predicted octanol–water partition coefficient (Wildman–Crippen LogP) is 4.53. The van der Waals surface area contributed by atoms with E-state index in [0.717, 1.165) is 0 Å². The molecule has 120 valence electrons. The Balaban J connectivity index is 3.00. The van der Waals surface area contributed by atoms with Crippen molar-refractivity contribution >= 4 is 41.6 Å². The molecule has 0 aromatic heterocycles. The summed E-state index contributed by atoms with van der Waals surface area (Å²) in [6.07, 6.45) is -0.750. The first-order chi connectivity index (χ1) is 10.1. The van der Waals surface area contributed by atoms with Crippen LogP contribution in [0.3, 0.4) is 0 Å². The van der Waals surface area contributed by atoms with E-state index in [4.69, 9.17) is 16.3 Å². The number of halogens is 2. The first-order valence-corrected chi connectivity index (χ1v) is 7.05. The minimum atomic E-state index is -0.750. The number of anilines is 1. The molecule has 0 aliphatic heterocycles. The van der Waals surface area contributed by atoms with Crippen LogP contribution >= 0.6 is 11.6 Å². The number of hydrogen-bond acceptors (Lipinski definition) is 3. The molecule has 1 amide bonds. The number of carbonyl (C=O) groups excluding carboxylic acids is 1. The number of hydrogen-bond donors (Lipinski definition) is 1. The minimum Gasteiger partial charge on any atom is -0.444 e. The topological polar surface area (TPSA) is 63.0 Å². The number of benzene rings is 1. The van der Waals surface area contributed by atoms with E-state index in [2.05, 4.69) is 22.0 Å². The summed E-state index contributed by atoms with van der Waals surface area (Å²) in [7, 11) is 0. The maximum absolute atomic E-state index is 13.8. The van der Waals surface area contributed by atoms with Gasteiger partial charge in [0.1, 0.15) is 17.3 Å². The lowest BCUT2D eigenvalue weighted by molar-refractivity contribution is 0.0635. The average Bonchev–Trinajstić information content (AvgIpc) is 2.36. The third-order valence-corrected chi connectivity index (χ3v) is 2.54. The molecule has 1 rings (SSSR count). The largest absolute Gasteiger partial charge is 0.444 e. The fourth-order valence-electron chi connectivity index (χ4n) is 1.47. The van der Waals surface area contributed by atoms with Crippen LogP contribution in [0, 0.1) is 5.82 Å². The third-order valence-electron chi connectivity index (χ3n) is 2.35. The number of amides is 1. The van der Waals surface area contributed by atoms with Crippen molar-refractivity contribution in [3.63, 3.8) is 0 Å². The Morgan fingerprint density at radius 1 is 1.45 bits per heavy atom. The molecular weight excluding hydrogens is 309 g/mol. The van der Waals surface area contributed by atoms with Crippen LogP contribution in [0.5, 0.6) is 0 Å². The molecule has 0 heterocycles. The molecular formula is C15H19ClFN3O2. The standard InChI is InChI=1S/C15H19ClFN3O2/c1-9(16)13(18-5)19-10-6-7-11(17)12(8-10)20-14(21)22-15(2,3)4/h6-9H,5H2,1-4H3,(H,20,21). The normalized spacial score (nSPS) is 13.5. The monoisotopic (exact) mass is 327 g/mol. The second kappa shape index (κ2) is 7.35. The van der Waals surface area contributed by atoms with Gasteiger partial charge in [-0.05, 0) is 52.6 Å². The first-order valence-electron chi connectivity index (χ1n) is 6.61. The molecule has 1 aromatic rings. The Morgan fingerprint density at radius 3 is 2.59 bits per heavy atom. The number of rotatable bonds is 3. The maximum Gasteiger partial charge on any atom is 0.412 e. The van der Waals surface area contributed by atoms with Crippen molar-refractivity contribution < 1.29 is 13.9 Å². The summed E-state index contributed by atoms with van der Waals surface area (Å²) in [6, 6.07) is 3.99. The van der Waals surface area contributed by atoms with Gasteiger partial charge in [0.25, 0.3) is 0 Å². The van der Waals surface area contributed by atoms with Crippen molar-refractivity contribution in [3.05, 3.63) is 24.0 Å². The second-order valence-electron chi connectivity index (χ2n) is 5.54. The predicted molar refractivity (Wildman–Crippen MR) is 88.2 cm³/mol. The number of carbonyl (C=O) groups is 1. The van der Waals surface area contributed by atoms with E-state index in [0.29, 0.717) is 11.5 Å². The van der Waals surface area contributed by atoms with Crippen LogP contribution in [0.2, 0.25) is 0 Å². The number of aliphatic imine (C=N–C) groups is 2. The van der Waals surface area contributed by atoms with Gasteiger partial charge in [0, 0.05) is 0 Å². The van der Waals surface area contributed by atoms with Crippen molar-refractivity contribution in [2.24, 2.45) is 9.98 Å². The number of ether oxygens (including phenoxy) is 1. The number of nitrogens with one attached hydrogen (secondary N) is 1. The zero-order valence-electron chi connectivity index (χ0n) is 13.0. The van der Waals surface area contributed by atoms with Crippen LogP contribution in [0.1, 0.15) is 27.7 Å². The molecule has 0 spiro atoms. The summed E-state index contributed by atoms with van der Waals surface area (Å²) in [5.74, 6) is -0.298. The molecule has 0 radical (unpaired) electrons. The van der Waals surface area contributed by atoms with Gasteiger partial charge < -0.3 is 4.74 Å². The summed E-state index contributed by atoms with van der Waals surface area (Å²) in [5.41, 5.74) is -0.326. The smallest absolute Gasteiger partial charge is 0.412 e. The van der Waals surface area contributed by atoms with Gasteiger partial charge >= 0.3 is 6.09 Å². The quantitative estimate of drug-likeness (QED) is 0.503. The van der Waals surface area contributed by atoms with Gasteiger partial charge in [-0.25, -0.2) is 19.2 Å². The van der Waals surface area contributed by atoms with E-state index in [9.17, 15) is 9.18 Å². The molecule has 0 aliphatic carbocycles. The SMILES string of the molecule is C=NC(=Nc1ccc(F)c(NC(=O)OC(C)(C)C)c1)C(C)Cl. The molecule has 0 aliphatic rings. The molecule has 1 atom stereocenters. The van der Waals surface area contributed by atoms with Gasteiger partial charge in [-0.15, -0.1) is 11.6 Å². The van der Waals surface area contributed by atoms with Crippen LogP contribution in [0.15, 0.2) is 28.2 Å². The molecule has 1 unspecified atom stereocenters. The average molecular weight is 328 g/mol. The van der Waals surface area contributed by atoms with E-state index in [1.807, 2.05) is 0 Å². The second-order valence-corrected chi connectivity index (χ2v) is 6.19. The lowest BCUT2D eigenvalue weighted by Crippen LogP contribution is -2.27. The zero-order valence-corrected chi connectivity index (χ0v) is 13.7. The summed E-state index contributed by atoms with van der Waals surface area (Å²) in [6.45, 7) is 10.2. The van der Waals surface area contributed by atoms with Gasteiger partial charge in [-0.2, -0.15) is 0 Å². The Bertz CT molecular complexity index is 595. The lowest BCUT2D eigenvalue weighted by atomic mass is 10.2. The van der Waals surface area contributed by atoms with E-state index < -0.39 is 22.9 Å². The van der Waals surface area contributed by atoms with Crippen LogP contribution in [0.4, 0.5) is 20.6 Å². The molecule has 1 N–H and O–H groups in total. The highest BCUT2D eigenvalue weighted by molar-refractivity contribution is 6.32. The highest BCUT2D eigenvalue weighted by Gasteiger charge is 2.17. The summed E-state index contributed by atoms with van der Waals surface area (Å²) in [5, 5.41) is 1.90. The zero-order chi connectivity index (χ0) is 16.9. The van der Waals surface area contributed by atoms with Gasteiger partial charge in [0.15, 0.2) is 0 Å². The van der Waals surface area contributed by atoms with Crippen molar-refractivity contribution in [3.8, 4) is 0 Å². The van der Waals surface area contributed by atoms with E-state index in [1.54, 1.807) is 27.7 Å². The van der Waals surface area contributed by atoms with Gasteiger partial charge in [0.2, 0.25) is 0 Å². The molecule has 1 aromatic carbocycles. The minimum absolute atomic E-state index is 0.0406. The van der Waals surface area contributed by atoms with Crippen LogP contribution in [-0.2, 0) is 4.74 Å². The molecule has 7 heteroatoms. The molecule has 0 fully saturated rings. The molecule has 22 heavy (non-hydrogen) atoms. The molecule has 0 saturated carbocycles. The van der Waals surface area contributed by atoms with Crippen molar-refractivity contribution in [1.29, 1.82) is 0 Å². The third kappa shape index (κ3) is 5.81. The molecule has 0 saturated heterocycles. The Hall–Kier alpha value is -1.95. The van der Waals surface area contributed by atoms with Crippen molar-refractivity contribution in [2.45, 2.75) is 38.7 Å². The Morgan fingerprint density at radius 2 is 2.09 bits per heavy atom. The van der Waals surface area contributed by atoms with Gasteiger partial charge in [-0.3, -0.25) is 5.32 Å². The van der Waals surface area contributed by atoms with Crippen LogP contribution < -0.4 is 5.32 Å². The Kier molecular flexibility index (Phi) is 6.05. The van der Waals surface area contributed by atoms with Crippen molar-refractivity contribution in [1.82, 2.24) is 0 Å².